The van der Waals surface area contributed by atoms with E-state index in [2.05, 4.69) is 26.9 Å². The highest BCUT2D eigenvalue weighted by molar-refractivity contribution is 5.60. The number of rotatable bonds is 5. The van der Waals surface area contributed by atoms with Crippen molar-refractivity contribution in [3.8, 4) is 17.3 Å². The fourth-order valence-electron chi connectivity index (χ4n) is 4.05. The Morgan fingerprint density at radius 2 is 2.08 bits per heavy atom. The van der Waals surface area contributed by atoms with E-state index in [1.54, 1.807) is 6.20 Å². The van der Waals surface area contributed by atoms with E-state index in [0.29, 0.717) is 17.6 Å². The molecular formula is C20H28N4O2. The van der Waals surface area contributed by atoms with Gasteiger partial charge in [0.1, 0.15) is 6.10 Å². The number of nitrogens with zero attached hydrogens (tertiary/aromatic N) is 4. The molecule has 0 aromatic carbocycles. The molecule has 2 fully saturated rings. The van der Waals surface area contributed by atoms with Crippen LogP contribution >= 0.6 is 0 Å². The zero-order chi connectivity index (χ0) is 17.8. The zero-order valence-electron chi connectivity index (χ0n) is 15.6. The predicted octanol–water partition coefficient (Wildman–Crippen LogP) is 4.08. The third-order valence-electron chi connectivity index (χ3n) is 5.41. The minimum absolute atomic E-state index is 0.249. The van der Waals surface area contributed by atoms with Crippen molar-refractivity contribution in [2.45, 2.75) is 64.5 Å². The molecule has 3 heterocycles. The van der Waals surface area contributed by atoms with Gasteiger partial charge in [-0.3, -0.25) is 4.90 Å². The van der Waals surface area contributed by atoms with E-state index in [0.717, 1.165) is 44.0 Å². The third kappa shape index (κ3) is 4.23. The van der Waals surface area contributed by atoms with Crippen LogP contribution in [0.2, 0.25) is 0 Å². The minimum Gasteiger partial charge on any atom is -0.474 e. The van der Waals surface area contributed by atoms with E-state index in [-0.39, 0.29) is 6.10 Å². The Hall–Kier alpha value is -1.95. The molecule has 6 heteroatoms. The number of aromatic nitrogens is 3. The lowest BCUT2D eigenvalue weighted by molar-refractivity contribution is 0.149. The first-order chi connectivity index (χ1) is 12.8. The fraction of sp³-hybridized carbons (Fsp3) is 0.650. The Kier molecular flexibility index (Phi) is 5.48. The first-order valence-corrected chi connectivity index (χ1v) is 9.95. The highest BCUT2D eigenvalue weighted by Gasteiger charge is 2.22. The molecule has 6 nitrogen and oxygen atoms in total. The monoisotopic (exact) mass is 356 g/mol. The molecule has 1 aliphatic carbocycles. The average molecular weight is 356 g/mol. The molecular weight excluding hydrogens is 328 g/mol. The standard InChI is InChI=1S/C20H28N4O2/c1-15-7-6-12-24(13-15)14-18-22-19(23-26-18)17-10-5-11-21-20(17)25-16-8-3-2-4-9-16/h5,10-11,15-16H,2-4,6-9,12-14H2,1H3/t15-/m1/s1. The highest BCUT2D eigenvalue weighted by atomic mass is 16.5. The van der Waals surface area contributed by atoms with Gasteiger partial charge >= 0.3 is 0 Å². The topological polar surface area (TPSA) is 64.3 Å². The smallest absolute Gasteiger partial charge is 0.241 e. The van der Waals surface area contributed by atoms with Gasteiger partial charge in [0.05, 0.1) is 12.1 Å². The van der Waals surface area contributed by atoms with E-state index in [9.17, 15) is 0 Å². The lowest BCUT2D eigenvalue weighted by Crippen LogP contribution is -2.33. The van der Waals surface area contributed by atoms with Crippen LogP contribution in [0.3, 0.4) is 0 Å². The second kappa shape index (κ2) is 8.16. The number of likely N-dealkylation sites (tertiary alicyclic amines) is 1. The van der Waals surface area contributed by atoms with Crippen LogP contribution in [0.5, 0.6) is 5.88 Å². The molecule has 0 unspecified atom stereocenters. The normalized spacial score (nSPS) is 22.4. The van der Waals surface area contributed by atoms with Crippen LogP contribution in [0.25, 0.3) is 11.4 Å². The summed E-state index contributed by atoms with van der Waals surface area (Å²) in [5.74, 6) is 2.60. The van der Waals surface area contributed by atoms with Gasteiger partial charge in [0.25, 0.3) is 0 Å². The molecule has 1 saturated heterocycles. The summed E-state index contributed by atoms with van der Waals surface area (Å²) in [6.07, 6.45) is 10.5. The summed E-state index contributed by atoms with van der Waals surface area (Å²) >= 11 is 0. The van der Waals surface area contributed by atoms with Crippen LogP contribution in [0.1, 0.15) is 57.8 Å². The van der Waals surface area contributed by atoms with Gasteiger partial charge in [-0.25, -0.2) is 4.98 Å². The van der Waals surface area contributed by atoms with Crippen molar-refractivity contribution in [1.82, 2.24) is 20.0 Å². The van der Waals surface area contributed by atoms with Crippen molar-refractivity contribution in [3.63, 3.8) is 0 Å². The number of ether oxygens (including phenoxy) is 1. The molecule has 1 atom stereocenters. The Labute approximate surface area is 154 Å². The summed E-state index contributed by atoms with van der Waals surface area (Å²) in [5, 5.41) is 4.19. The van der Waals surface area contributed by atoms with E-state index in [1.165, 1.54) is 32.1 Å². The molecule has 2 aromatic rings. The van der Waals surface area contributed by atoms with Crippen molar-refractivity contribution in [2.24, 2.45) is 5.92 Å². The van der Waals surface area contributed by atoms with E-state index in [4.69, 9.17) is 9.26 Å². The summed E-state index contributed by atoms with van der Waals surface area (Å²) in [6, 6.07) is 3.86. The van der Waals surface area contributed by atoms with E-state index < -0.39 is 0 Å². The number of hydrogen-bond donors (Lipinski definition) is 0. The molecule has 0 N–H and O–H groups in total. The molecule has 1 aliphatic heterocycles. The summed E-state index contributed by atoms with van der Waals surface area (Å²) in [5.41, 5.74) is 0.820. The number of pyridine rings is 1. The van der Waals surface area contributed by atoms with Crippen molar-refractivity contribution in [2.75, 3.05) is 13.1 Å². The van der Waals surface area contributed by atoms with Gasteiger partial charge < -0.3 is 9.26 Å². The lowest BCUT2D eigenvalue weighted by atomic mass is 9.98. The Balaban J connectivity index is 1.46. The van der Waals surface area contributed by atoms with Crippen molar-refractivity contribution >= 4 is 0 Å². The third-order valence-corrected chi connectivity index (χ3v) is 5.41. The Morgan fingerprint density at radius 3 is 2.92 bits per heavy atom. The summed E-state index contributed by atoms with van der Waals surface area (Å²) < 4.78 is 11.7. The maximum atomic E-state index is 6.17. The van der Waals surface area contributed by atoms with Crippen LogP contribution in [0.4, 0.5) is 0 Å². The van der Waals surface area contributed by atoms with Crippen LogP contribution in [-0.4, -0.2) is 39.2 Å². The Morgan fingerprint density at radius 1 is 1.19 bits per heavy atom. The van der Waals surface area contributed by atoms with Gasteiger partial charge in [-0.15, -0.1) is 0 Å². The van der Waals surface area contributed by atoms with Gasteiger partial charge in [0.15, 0.2) is 0 Å². The Bertz CT molecular complexity index is 711. The molecule has 26 heavy (non-hydrogen) atoms. The predicted molar refractivity (Wildman–Crippen MR) is 98.7 cm³/mol. The van der Waals surface area contributed by atoms with Crippen molar-refractivity contribution in [1.29, 1.82) is 0 Å². The first kappa shape index (κ1) is 17.5. The quantitative estimate of drug-likeness (QED) is 0.804. The fourth-order valence-corrected chi connectivity index (χ4v) is 4.05. The molecule has 0 amide bonds. The van der Waals surface area contributed by atoms with Gasteiger partial charge in [-0.1, -0.05) is 18.5 Å². The molecule has 0 bridgehead atoms. The molecule has 2 aromatic heterocycles. The molecule has 1 saturated carbocycles. The van der Waals surface area contributed by atoms with Crippen LogP contribution in [0, 0.1) is 5.92 Å². The summed E-state index contributed by atoms with van der Waals surface area (Å²) in [6.45, 7) is 5.22. The molecule has 4 rings (SSSR count). The highest BCUT2D eigenvalue weighted by Crippen LogP contribution is 2.29. The molecule has 2 aliphatic rings. The largest absolute Gasteiger partial charge is 0.474 e. The number of piperidine rings is 1. The van der Waals surface area contributed by atoms with E-state index in [1.807, 2.05) is 12.1 Å². The second-order valence-electron chi connectivity index (χ2n) is 7.73. The van der Waals surface area contributed by atoms with Crippen LogP contribution in [-0.2, 0) is 6.54 Å². The van der Waals surface area contributed by atoms with Gasteiger partial charge in [0.2, 0.25) is 17.6 Å². The van der Waals surface area contributed by atoms with Gasteiger partial charge in [-0.05, 0) is 63.1 Å². The first-order valence-electron chi connectivity index (χ1n) is 9.95. The summed E-state index contributed by atoms with van der Waals surface area (Å²) in [7, 11) is 0. The maximum Gasteiger partial charge on any atom is 0.241 e. The lowest BCUT2D eigenvalue weighted by Gasteiger charge is -2.29. The number of hydrogen-bond acceptors (Lipinski definition) is 6. The van der Waals surface area contributed by atoms with Crippen LogP contribution < -0.4 is 4.74 Å². The maximum absolute atomic E-state index is 6.17. The second-order valence-corrected chi connectivity index (χ2v) is 7.73. The molecule has 140 valence electrons. The average Bonchev–Trinajstić information content (AvgIpc) is 3.11. The van der Waals surface area contributed by atoms with E-state index >= 15 is 0 Å². The minimum atomic E-state index is 0.249. The van der Waals surface area contributed by atoms with Crippen molar-refractivity contribution in [3.05, 3.63) is 24.2 Å². The van der Waals surface area contributed by atoms with Crippen LogP contribution in [0.15, 0.2) is 22.9 Å². The van der Waals surface area contributed by atoms with Gasteiger partial charge in [-0.2, -0.15) is 4.98 Å². The van der Waals surface area contributed by atoms with Crippen molar-refractivity contribution < 1.29 is 9.26 Å². The zero-order valence-corrected chi connectivity index (χ0v) is 15.6. The molecule has 0 radical (unpaired) electrons. The summed E-state index contributed by atoms with van der Waals surface area (Å²) in [4.78, 5) is 11.4. The van der Waals surface area contributed by atoms with Gasteiger partial charge in [0, 0.05) is 12.7 Å². The SMILES string of the molecule is C[C@@H]1CCCN(Cc2nc(-c3cccnc3OC3CCCCC3)no2)C1. The molecule has 0 spiro atoms.